The third-order valence-corrected chi connectivity index (χ3v) is 7.94. The van der Waals surface area contributed by atoms with Crippen molar-refractivity contribution in [2.45, 2.75) is 26.5 Å². The van der Waals surface area contributed by atoms with E-state index in [0.29, 0.717) is 40.0 Å². The lowest BCUT2D eigenvalue weighted by atomic mass is 9.95. The molecular formula is C34H27N3O5S. The number of anilines is 1. The minimum absolute atomic E-state index is 0.0525. The fraction of sp³-hybridized carbons (Fsp3) is 0.118. The van der Waals surface area contributed by atoms with Crippen LogP contribution in [0.5, 0.6) is 17.2 Å². The molecule has 4 aromatic carbocycles. The molecule has 1 N–H and O–H groups in total. The molecule has 1 fully saturated rings. The summed E-state index contributed by atoms with van der Waals surface area (Å²) >= 11 is 1.19. The van der Waals surface area contributed by atoms with E-state index >= 15 is 0 Å². The quantitative estimate of drug-likeness (QED) is 0.116. The van der Waals surface area contributed by atoms with Gasteiger partial charge in [-0.1, -0.05) is 65.9 Å². The molecule has 1 aliphatic rings. The Morgan fingerprint density at radius 3 is 2.28 bits per heavy atom. The van der Waals surface area contributed by atoms with Crippen LogP contribution in [0.2, 0.25) is 0 Å². The molecule has 43 heavy (non-hydrogen) atoms. The number of hydrogen-bond donors (Lipinski definition) is 1. The van der Waals surface area contributed by atoms with Crippen molar-refractivity contribution in [3.05, 3.63) is 136 Å². The lowest BCUT2D eigenvalue weighted by molar-refractivity contribution is -0.132. The maximum atomic E-state index is 13.5. The molecule has 1 amide bonds. The average Bonchev–Trinajstić information content (AvgIpc) is 3.57. The number of hydrogen-bond acceptors (Lipinski definition) is 8. The highest BCUT2D eigenvalue weighted by Crippen LogP contribution is 2.44. The fourth-order valence-corrected chi connectivity index (χ4v) is 5.61. The summed E-state index contributed by atoms with van der Waals surface area (Å²) in [4.78, 5) is 28.3. The van der Waals surface area contributed by atoms with Crippen LogP contribution in [-0.4, -0.2) is 27.0 Å². The summed E-state index contributed by atoms with van der Waals surface area (Å²) < 4.78 is 12.0. The van der Waals surface area contributed by atoms with E-state index in [1.807, 2.05) is 61.5 Å². The average molecular weight is 590 g/mol. The maximum Gasteiger partial charge on any atom is 0.301 e. The molecule has 214 valence electrons. The van der Waals surface area contributed by atoms with Gasteiger partial charge in [0.2, 0.25) is 5.13 Å². The van der Waals surface area contributed by atoms with Crippen LogP contribution in [0.4, 0.5) is 5.13 Å². The number of aryl methyl sites for hydroxylation is 2. The molecule has 0 bridgehead atoms. The van der Waals surface area contributed by atoms with Gasteiger partial charge in [0.25, 0.3) is 5.78 Å². The fourth-order valence-electron chi connectivity index (χ4n) is 4.90. The molecule has 1 aromatic heterocycles. The highest BCUT2D eigenvalue weighted by atomic mass is 32.1. The summed E-state index contributed by atoms with van der Waals surface area (Å²) in [6, 6.07) is 30.2. The van der Waals surface area contributed by atoms with Gasteiger partial charge in [0.05, 0.1) is 11.6 Å². The van der Waals surface area contributed by atoms with Crippen LogP contribution in [0.3, 0.4) is 0 Å². The van der Waals surface area contributed by atoms with E-state index in [2.05, 4.69) is 10.2 Å². The molecule has 8 nitrogen and oxygen atoms in total. The predicted octanol–water partition coefficient (Wildman–Crippen LogP) is 7.15. The third kappa shape index (κ3) is 5.75. The van der Waals surface area contributed by atoms with Gasteiger partial charge in [0, 0.05) is 5.56 Å². The first kappa shape index (κ1) is 27.9. The molecular weight excluding hydrogens is 562 g/mol. The Balaban J connectivity index is 1.36. The number of amides is 1. The Bertz CT molecular complexity index is 1830. The number of ether oxygens (including phenoxy) is 2. The van der Waals surface area contributed by atoms with Crippen molar-refractivity contribution in [3.63, 3.8) is 0 Å². The second kappa shape index (κ2) is 11.9. The van der Waals surface area contributed by atoms with E-state index in [-0.39, 0.29) is 16.5 Å². The lowest BCUT2D eigenvalue weighted by Gasteiger charge is -2.23. The molecule has 0 aliphatic carbocycles. The second-order valence-corrected chi connectivity index (χ2v) is 11.2. The van der Waals surface area contributed by atoms with E-state index in [4.69, 9.17) is 9.47 Å². The number of aliphatic hydroxyl groups excluding tert-OH is 1. The molecule has 9 heteroatoms. The van der Waals surface area contributed by atoms with Crippen LogP contribution >= 0.6 is 11.3 Å². The van der Waals surface area contributed by atoms with Crippen LogP contribution < -0.4 is 14.4 Å². The van der Waals surface area contributed by atoms with Gasteiger partial charge in [-0.3, -0.25) is 14.5 Å². The normalized spacial score (nSPS) is 16.0. The summed E-state index contributed by atoms with van der Waals surface area (Å²) in [5.41, 5.74) is 3.09. The van der Waals surface area contributed by atoms with Gasteiger partial charge in [-0.05, 0) is 79.1 Å². The summed E-state index contributed by atoms with van der Waals surface area (Å²) in [5.74, 6) is -0.158. The monoisotopic (exact) mass is 589 g/mol. The van der Waals surface area contributed by atoms with Crippen molar-refractivity contribution < 1.29 is 24.2 Å². The number of aliphatic hydroxyl groups is 1. The number of nitrogens with zero attached hydrogens (tertiary/aromatic N) is 3. The minimum Gasteiger partial charge on any atom is -0.507 e. The first-order chi connectivity index (χ1) is 20.9. The maximum absolute atomic E-state index is 13.5. The van der Waals surface area contributed by atoms with E-state index in [1.165, 1.54) is 16.2 Å². The van der Waals surface area contributed by atoms with Crippen LogP contribution in [-0.2, 0) is 16.2 Å². The van der Waals surface area contributed by atoms with E-state index in [0.717, 1.165) is 11.1 Å². The number of Topliss-reactive ketones (excluding diaryl/α,β-unsaturated/α-hetero) is 1. The number of rotatable bonds is 8. The number of carbonyl (C=O) groups is 2. The minimum atomic E-state index is -0.955. The molecule has 6 rings (SSSR count). The Kier molecular flexibility index (Phi) is 7.72. The van der Waals surface area contributed by atoms with Gasteiger partial charge in [-0.2, -0.15) is 0 Å². The molecule has 1 unspecified atom stereocenters. The first-order valence-corrected chi connectivity index (χ1v) is 14.4. The third-order valence-electron chi connectivity index (χ3n) is 7.10. The Morgan fingerprint density at radius 2 is 1.56 bits per heavy atom. The molecule has 0 saturated carbocycles. The molecule has 1 saturated heterocycles. The van der Waals surface area contributed by atoms with E-state index < -0.39 is 17.7 Å². The molecule has 2 heterocycles. The van der Waals surface area contributed by atoms with Crippen LogP contribution in [0.1, 0.15) is 33.3 Å². The number of carbonyl (C=O) groups excluding carboxylic acids is 2. The summed E-state index contributed by atoms with van der Waals surface area (Å²) in [5, 5.41) is 20.6. The number of para-hydroxylation sites is 1. The smallest absolute Gasteiger partial charge is 0.301 e. The van der Waals surface area contributed by atoms with Gasteiger partial charge in [0.1, 0.15) is 34.6 Å². The Morgan fingerprint density at radius 1 is 0.837 bits per heavy atom. The largest absolute Gasteiger partial charge is 0.507 e. The van der Waals surface area contributed by atoms with E-state index in [1.54, 1.807) is 55.5 Å². The van der Waals surface area contributed by atoms with Crippen molar-refractivity contribution in [1.29, 1.82) is 0 Å². The van der Waals surface area contributed by atoms with Crippen molar-refractivity contribution in [2.75, 3.05) is 4.90 Å². The van der Waals surface area contributed by atoms with Gasteiger partial charge in [0.15, 0.2) is 0 Å². The van der Waals surface area contributed by atoms with Crippen LogP contribution in [0.15, 0.2) is 109 Å². The summed E-state index contributed by atoms with van der Waals surface area (Å²) in [7, 11) is 0. The molecule has 5 aromatic rings. The number of ketones is 1. The SMILES string of the molecule is Cc1nnc(N2C(=O)C(=O)/C(=C(/O)c3ccc(OCc4ccccc4C)cc3)C2c2cccc(Oc3ccccc3)c2)s1. The Hall–Kier alpha value is -5.28. The van der Waals surface area contributed by atoms with Gasteiger partial charge < -0.3 is 14.6 Å². The topological polar surface area (TPSA) is 102 Å². The Labute approximate surface area is 252 Å². The molecule has 1 atom stereocenters. The summed E-state index contributed by atoms with van der Waals surface area (Å²) in [6.45, 7) is 4.19. The van der Waals surface area contributed by atoms with Gasteiger partial charge >= 0.3 is 5.91 Å². The van der Waals surface area contributed by atoms with Crippen molar-refractivity contribution in [2.24, 2.45) is 0 Å². The zero-order valence-corrected chi connectivity index (χ0v) is 24.2. The summed E-state index contributed by atoms with van der Waals surface area (Å²) in [6.07, 6.45) is 0. The highest BCUT2D eigenvalue weighted by Gasteiger charge is 2.48. The molecule has 1 aliphatic heterocycles. The zero-order chi connectivity index (χ0) is 29.9. The number of benzene rings is 4. The molecule has 0 spiro atoms. The van der Waals surface area contributed by atoms with Gasteiger partial charge in [-0.25, -0.2) is 0 Å². The van der Waals surface area contributed by atoms with Gasteiger partial charge in [-0.15, -0.1) is 10.2 Å². The van der Waals surface area contributed by atoms with Crippen LogP contribution in [0.25, 0.3) is 5.76 Å². The second-order valence-electron chi connectivity index (χ2n) is 10.00. The van der Waals surface area contributed by atoms with Crippen molar-refractivity contribution >= 4 is 33.9 Å². The van der Waals surface area contributed by atoms with Crippen molar-refractivity contribution in [1.82, 2.24) is 10.2 Å². The van der Waals surface area contributed by atoms with Crippen molar-refractivity contribution in [3.8, 4) is 17.2 Å². The zero-order valence-electron chi connectivity index (χ0n) is 23.4. The van der Waals surface area contributed by atoms with E-state index in [9.17, 15) is 14.7 Å². The van der Waals surface area contributed by atoms with Crippen LogP contribution in [0, 0.1) is 13.8 Å². The highest BCUT2D eigenvalue weighted by molar-refractivity contribution is 7.15. The first-order valence-electron chi connectivity index (χ1n) is 13.6. The predicted molar refractivity (Wildman–Crippen MR) is 164 cm³/mol. The standard InChI is InChI=1S/C34H27N3O5S/c1-21-9-6-7-10-25(21)20-41-26-17-15-23(16-18-26)31(38)29-30(37(33(40)32(29)39)34-36-35-22(2)43-34)24-11-8-14-28(19-24)42-27-12-4-3-5-13-27/h3-19,30,38H,20H2,1-2H3/b31-29+. The number of aromatic nitrogens is 2. The lowest BCUT2D eigenvalue weighted by Crippen LogP contribution is -2.29. The molecule has 0 radical (unpaired) electrons.